The fraction of sp³-hybridized carbons (Fsp3) is 0. The lowest BCUT2D eigenvalue weighted by atomic mass is 10.3. The van der Waals surface area contributed by atoms with E-state index in [9.17, 15) is 0 Å². The molecule has 0 spiro atoms. The largest absolute Gasteiger partial charge is 0.455 e. The van der Waals surface area contributed by atoms with Crippen LogP contribution in [0.2, 0.25) is 10.0 Å². The summed E-state index contributed by atoms with van der Waals surface area (Å²) in [6.45, 7) is 0. The van der Waals surface area contributed by atoms with E-state index in [4.69, 9.17) is 33.5 Å². The molecule has 0 aliphatic carbocycles. The van der Waals surface area contributed by atoms with Gasteiger partial charge in [-0.25, -0.2) is 0 Å². The Bertz CT molecular complexity index is 626. The molecule has 5 nitrogen and oxygen atoms in total. The van der Waals surface area contributed by atoms with Crippen molar-refractivity contribution in [1.82, 2.24) is 4.98 Å². The molecule has 0 fully saturated rings. The lowest BCUT2D eigenvalue weighted by Crippen LogP contribution is -1.86. The molecule has 90 valence electrons. The van der Waals surface area contributed by atoms with Gasteiger partial charge in [-0.3, -0.25) is 4.98 Å². The van der Waals surface area contributed by atoms with E-state index in [2.05, 4.69) is 15.0 Å². The van der Waals surface area contributed by atoms with Crippen LogP contribution in [-0.4, -0.2) is 4.98 Å². The van der Waals surface area contributed by atoms with Gasteiger partial charge >= 0.3 is 0 Å². The molecule has 1 aromatic heterocycles. The Balaban J connectivity index is 2.39. The second kappa shape index (κ2) is 5.60. The van der Waals surface area contributed by atoms with Crippen molar-refractivity contribution in [2.45, 2.75) is 0 Å². The monoisotopic (exact) mass is 280 g/mol. The van der Waals surface area contributed by atoms with Crippen molar-refractivity contribution in [3.63, 3.8) is 0 Å². The maximum Gasteiger partial charge on any atom is 0.147 e. The summed E-state index contributed by atoms with van der Waals surface area (Å²) in [6, 6.07) is 6.41. The summed E-state index contributed by atoms with van der Waals surface area (Å²) in [6.07, 6.45) is 2.91. The number of ether oxygens (including phenoxy) is 1. The summed E-state index contributed by atoms with van der Waals surface area (Å²) in [5.41, 5.74) is 8.71. The molecule has 0 bridgehead atoms. The number of pyridine rings is 1. The Hall–Kier alpha value is -1.94. The van der Waals surface area contributed by atoms with Crippen LogP contribution in [0.4, 0.5) is 5.69 Å². The van der Waals surface area contributed by atoms with Gasteiger partial charge in [-0.05, 0) is 23.7 Å². The predicted octanol–water partition coefficient (Wildman–Crippen LogP) is 5.12. The highest BCUT2D eigenvalue weighted by atomic mass is 35.5. The van der Waals surface area contributed by atoms with Crippen LogP contribution >= 0.6 is 23.2 Å². The molecule has 1 aromatic carbocycles. The Kier molecular flexibility index (Phi) is 3.89. The highest BCUT2D eigenvalue weighted by molar-refractivity contribution is 6.34. The number of azide groups is 1. The van der Waals surface area contributed by atoms with Gasteiger partial charge in [0.15, 0.2) is 0 Å². The summed E-state index contributed by atoms with van der Waals surface area (Å²) in [7, 11) is 0. The highest BCUT2D eigenvalue weighted by Crippen LogP contribution is 2.35. The van der Waals surface area contributed by atoms with Crippen molar-refractivity contribution in [2.24, 2.45) is 5.11 Å². The van der Waals surface area contributed by atoms with Gasteiger partial charge in [0.1, 0.15) is 11.5 Å². The normalized spacial score (nSPS) is 9.67. The standard InChI is InChI=1S/C11H6Cl2N4O/c12-7-1-2-8(13)11(5-7)18-10-3-4-15-6-9(10)16-17-14/h1-6H. The molecule has 0 N–H and O–H groups in total. The zero-order valence-electron chi connectivity index (χ0n) is 8.92. The smallest absolute Gasteiger partial charge is 0.147 e. The van der Waals surface area contributed by atoms with Crippen LogP contribution < -0.4 is 4.74 Å². The average Bonchev–Trinajstić information content (AvgIpc) is 2.36. The SMILES string of the molecule is [N-]=[N+]=Nc1cnccc1Oc1cc(Cl)ccc1Cl. The summed E-state index contributed by atoms with van der Waals surface area (Å²) >= 11 is 11.8. The van der Waals surface area contributed by atoms with Crippen molar-refractivity contribution < 1.29 is 4.74 Å². The molecule has 7 heteroatoms. The number of rotatable bonds is 3. The van der Waals surface area contributed by atoms with E-state index in [0.717, 1.165) is 0 Å². The van der Waals surface area contributed by atoms with E-state index in [1.807, 2.05) is 0 Å². The number of halogens is 2. The van der Waals surface area contributed by atoms with Crippen LogP contribution in [-0.2, 0) is 0 Å². The molecule has 0 amide bonds. The Labute approximate surface area is 113 Å². The first-order valence-corrected chi connectivity index (χ1v) is 5.58. The van der Waals surface area contributed by atoms with Gasteiger partial charge in [0.25, 0.3) is 0 Å². The summed E-state index contributed by atoms with van der Waals surface area (Å²) < 4.78 is 5.55. The average molecular weight is 281 g/mol. The van der Waals surface area contributed by atoms with Crippen molar-refractivity contribution >= 4 is 28.9 Å². The zero-order chi connectivity index (χ0) is 13.0. The van der Waals surface area contributed by atoms with E-state index < -0.39 is 0 Å². The number of hydrogen-bond acceptors (Lipinski definition) is 3. The first-order valence-electron chi connectivity index (χ1n) is 4.82. The van der Waals surface area contributed by atoms with Crippen LogP contribution in [0.25, 0.3) is 10.4 Å². The van der Waals surface area contributed by atoms with Crippen molar-refractivity contribution in [3.8, 4) is 11.5 Å². The fourth-order valence-corrected chi connectivity index (χ4v) is 1.58. The quantitative estimate of drug-likeness (QED) is 0.445. The molecule has 0 atom stereocenters. The predicted molar refractivity (Wildman–Crippen MR) is 69.6 cm³/mol. The molecule has 0 aliphatic rings. The molecule has 2 aromatic rings. The maximum atomic E-state index is 8.44. The Morgan fingerprint density at radius 3 is 2.83 bits per heavy atom. The fourth-order valence-electron chi connectivity index (χ4n) is 1.26. The van der Waals surface area contributed by atoms with Crippen LogP contribution in [0.1, 0.15) is 0 Å². The van der Waals surface area contributed by atoms with Gasteiger partial charge in [-0.1, -0.05) is 28.3 Å². The topological polar surface area (TPSA) is 70.9 Å². The molecule has 0 saturated carbocycles. The first kappa shape index (κ1) is 12.5. The van der Waals surface area contributed by atoms with Crippen LogP contribution in [0.3, 0.4) is 0 Å². The lowest BCUT2D eigenvalue weighted by molar-refractivity contribution is 0.483. The molecular formula is C11H6Cl2N4O. The number of hydrogen-bond donors (Lipinski definition) is 0. The minimum Gasteiger partial charge on any atom is -0.455 e. The third-order valence-electron chi connectivity index (χ3n) is 2.03. The molecule has 18 heavy (non-hydrogen) atoms. The molecule has 0 unspecified atom stereocenters. The van der Waals surface area contributed by atoms with E-state index in [1.54, 1.807) is 24.3 Å². The van der Waals surface area contributed by atoms with Gasteiger partial charge in [-0.2, -0.15) is 0 Å². The van der Waals surface area contributed by atoms with E-state index in [1.165, 1.54) is 12.4 Å². The second-order valence-corrected chi connectivity index (χ2v) is 4.05. The summed E-state index contributed by atoms with van der Waals surface area (Å²) in [5, 5.41) is 4.37. The van der Waals surface area contributed by atoms with Crippen molar-refractivity contribution in [1.29, 1.82) is 0 Å². The lowest BCUT2D eigenvalue weighted by Gasteiger charge is -2.09. The van der Waals surface area contributed by atoms with Gasteiger partial charge in [-0.15, -0.1) is 0 Å². The third kappa shape index (κ3) is 2.84. The van der Waals surface area contributed by atoms with Gasteiger partial charge in [0.2, 0.25) is 0 Å². The molecule has 0 radical (unpaired) electrons. The molecule has 0 saturated heterocycles. The summed E-state index contributed by atoms with van der Waals surface area (Å²) in [4.78, 5) is 6.54. The third-order valence-corrected chi connectivity index (χ3v) is 2.57. The second-order valence-electron chi connectivity index (χ2n) is 3.21. The van der Waals surface area contributed by atoms with Crippen LogP contribution in [0, 0.1) is 0 Å². The molecular weight excluding hydrogens is 275 g/mol. The maximum absolute atomic E-state index is 8.44. The minimum absolute atomic E-state index is 0.274. The summed E-state index contributed by atoms with van der Waals surface area (Å²) in [5.74, 6) is 0.733. The Morgan fingerprint density at radius 2 is 2.06 bits per heavy atom. The van der Waals surface area contributed by atoms with Gasteiger partial charge < -0.3 is 4.74 Å². The van der Waals surface area contributed by atoms with E-state index in [-0.39, 0.29) is 5.69 Å². The van der Waals surface area contributed by atoms with Crippen LogP contribution in [0.15, 0.2) is 41.8 Å². The molecule has 2 rings (SSSR count). The Morgan fingerprint density at radius 1 is 1.22 bits per heavy atom. The number of nitrogens with zero attached hydrogens (tertiary/aromatic N) is 4. The van der Waals surface area contributed by atoms with E-state index >= 15 is 0 Å². The zero-order valence-corrected chi connectivity index (χ0v) is 10.4. The first-order chi connectivity index (χ1) is 8.70. The molecule has 0 aliphatic heterocycles. The van der Waals surface area contributed by atoms with Gasteiger partial charge in [0.05, 0.1) is 10.7 Å². The molecule has 1 heterocycles. The van der Waals surface area contributed by atoms with Crippen molar-refractivity contribution in [3.05, 3.63) is 57.1 Å². The van der Waals surface area contributed by atoms with Gasteiger partial charge in [0, 0.05) is 28.4 Å². The number of benzene rings is 1. The van der Waals surface area contributed by atoms with Crippen LogP contribution in [0.5, 0.6) is 11.5 Å². The highest BCUT2D eigenvalue weighted by Gasteiger charge is 2.07. The minimum atomic E-state index is 0.274. The van der Waals surface area contributed by atoms with Crippen molar-refractivity contribution in [2.75, 3.05) is 0 Å². The van der Waals surface area contributed by atoms with E-state index in [0.29, 0.717) is 21.5 Å². The number of aromatic nitrogens is 1.